The van der Waals surface area contributed by atoms with E-state index in [9.17, 15) is 9.59 Å². The summed E-state index contributed by atoms with van der Waals surface area (Å²) in [5, 5.41) is 5.79. The van der Waals surface area contributed by atoms with E-state index in [-0.39, 0.29) is 17.9 Å². The third-order valence-corrected chi connectivity index (χ3v) is 4.69. The van der Waals surface area contributed by atoms with Crippen LogP contribution in [0.1, 0.15) is 40.0 Å². The molecule has 0 spiro atoms. The Hall–Kier alpha value is -2.08. The monoisotopic (exact) mass is 331 g/mol. The lowest BCUT2D eigenvalue weighted by molar-refractivity contribution is -0.123. The van der Waals surface area contributed by atoms with E-state index in [0.717, 1.165) is 25.8 Å². The van der Waals surface area contributed by atoms with Crippen LogP contribution in [0.3, 0.4) is 0 Å². The number of hydrogen-bond donors (Lipinski definition) is 2. The molecule has 0 aromatic heterocycles. The van der Waals surface area contributed by atoms with Crippen LogP contribution in [0.5, 0.6) is 5.75 Å². The zero-order valence-corrected chi connectivity index (χ0v) is 14.5. The first-order valence-corrected chi connectivity index (χ1v) is 8.64. The molecule has 0 radical (unpaired) electrons. The minimum Gasteiger partial charge on any atom is -0.479 e. The van der Waals surface area contributed by atoms with Crippen LogP contribution >= 0.6 is 0 Å². The molecule has 1 saturated heterocycles. The minimum atomic E-state index is -0.500. The largest absolute Gasteiger partial charge is 0.479 e. The van der Waals surface area contributed by atoms with Crippen LogP contribution in [-0.4, -0.2) is 41.4 Å². The van der Waals surface area contributed by atoms with Crippen molar-refractivity contribution in [3.05, 3.63) is 18.2 Å². The number of nitrogens with one attached hydrogen (secondary N) is 2. The van der Waals surface area contributed by atoms with Gasteiger partial charge in [0.2, 0.25) is 5.91 Å². The van der Waals surface area contributed by atoms with Gasteiger partial charge in [-0.25, -0.2) is 0 Å². The van der Waals surface area contributed by atoms with Crippen molar-refractivity contribution in [3.8, 4) is 5.75 Å². The maximum absolute atomic E-state index is 12.7. The molecule has 1 aromatic rings. The van der Waals surface area contributed by atoms with Gasteiger partial charge in [-0.15, -0.1) is 0 Å². The first-order chi connectivity index (χ1) is 11.5. The average molecular weight is 331 g/mol. The Bertz CT molecular complexity index is 644. The van der Waals surface area contributed by atoms with Crippen molar-refractivity contribution >= 4 is 23.2 Å². The molecular formula is C18H25N3O3. The van der Waals surface area contributed by atoms with Crippen molar-refractivity contribution in [1.29, 1.82) is 0 Å². The summed E-state index contributed by atoms with van der Waals surface area (Å²) in [6, 6.07) is 5.59. The predicted molar refractivity (Wildman–Crippen MR) is 93.3 cm³/mol. The first kappa shape index (κ1) is 16.8. The topological polar surface area (TPSA) is 70.7 Å². The Balaban J connectivity index is 1.73. The molecular weight excluding hydrogens is 306 g/mol. The molecule has 6 nitrogen and oxygen atoms in total. The zero-order valence-electron chi connectivity index (χ0n) is 14.5. The molecule has 0 bridgehead atoms. The predicted octanol–water partition coefficient (Wildman–Crippen LogP) is 2.61. The molecule has 24 heavy (non-hydrogen) atoms. The van der Waals surface area contributed by atoms with Crippen LogP contribution in [-0.2, 0) is 9.59 Å². The number of rotatable bonds is 3. The molecule has 3 rings (SSSR count). The summed E-state index contributed by atoms with van der Waals surface area (Å²) in [6.45, 7) is 6.91. The van der Waals surface area contributed by atoms with Crippen molar-refractivity contribution in [2.24, 2.45) is 0 Å². The van der Waals surface area contributed by atoms with Crippen LogP contribution in [0, 0.1) is 0 Å². The summed E-state index contributed by atoms with van der Waals surface area (Å²) >= 11 is 0. The smallest absolute Gasteiger partial charge is 0.265 e. The van der Waals surface area contributed by atoms with E-state index in [0.29, 0.717) is 23.2 Å². The molecule has 0 saturated carbocycles. The number of fused-ring (bicyclic) bond motifs is 1. The second kappa shape index (κ2) is 6.81. The fourth-order valence-corrected chi connectivity index (χ4v) is 3.37. The molecule has 2 unspecified atom stereocenters. The lowest BCUT2D eigenvalue weighted by atomic mass is 9.99. The first-order valence-electron chi connectivity index (χ1n) is 8.64. The van der Waals surface area contributed by atoms with Crippen molar-refractivity contribution in [1.82, 2.24) is 4.90 Å². The highest BCUT2D eigenvalue weighted by atomic mass is 16.5. The summed E-state index contributed by atoms with van der Waals surface area (Å²) in [5.41, 5.74) is 1.27. The van der Waals surface area contributed by atoms with Gasteiger partial charge in [0.1, 0.15) is 5.75 Å². The summed E-state index contributed by atoms with van der Waals surface area (Å²) in [6.07, 6.45) is 2.60. The lowest BCUT2D eigenvalue weighted by Gasteiger charge is -2.37. The zero-order chi connectivity index (χ0) is 17.3. The van der Waals surface area contributed by atoms with E-state index in [2.05, 4.69) is 29.4 Å². The highest BCUT2D eigenvalue weighted by Crippen LogP contribution is 2.32. The molecule has 0 aliphatic carbocycles. The van der Waals surface area contributed by atoms with E-state index >= 15 is 0 Å². The highest BCUT2D eigenvalue weighted by molar-refractivity contribution is 6.00. The normalized spacial score (nSPS) is 24.1. The van der Waals surface area contributed by atoms with E-state index in [1.54, 1.807) is 19.1 Å². The van der Waals surface area contributed by atoms with E-state index in [1.807, 2.05) is 6.07 Å². The van der Waals surface area contributed by atoms with Gasteiger partial charge in [-0.05, 0) is 58.4 Å². The van der Waals surface area contributed by atoms with Crippen LogP contribution in [0.25, 0.3) is 0 Å². The highest BCUT2D eigenvalue weighted by Gasteiger charge is 2.30. The molecule has 1 fully saturated rings. The molecule has 1 aromatic carbocycles. The van der Waals surface area contributed by atoms with Gasteiger partial charge in [-0.2, -0.15) is 0 Å². The van der Waals surface area contributed by atoms with Gasteiger partial charge in [0.05, 0.1) is 11.7 Å². The summed E-state index contributed by atoms with van der Waals surface area (Å²) in [5.74, 6) is 0.464. The van der Waals surface area contributed by atoms with Gasteiger partial charge < -0.3 is 15.4 Å². The second-order valence-corrected chi connectivity index (χ2v) is 6.79. The molecule has 2 N–H and O–H groups in total. The number of likely N-dealkylation sites (tertiary alicyclic amines) is 1. The van der Waals surface area contributed by atoms with E-state index in [4.69, 9.17) is 4.74 Å². The second-order valence-electron chi connectivity index (χ2n) is 6.79. The number of anilines is 2. The molecule has 130 valence electrons. The third-order valence-electron chi connectivity index (χ3n) is 4.69. The molecule has 2 amide bonds. The minimum absolute atomic E-state index is 0.0137. The van der Waals surface area contributed by atoms with Gasteiger partial charge in [-0.3, -0.25) is 14.5 Å². The Morgan fingerprint density at radius 1 is 1.38 bits per heavy atom. The Kier molecular flexibility index (Phi) is 4.76. The molecule has 2 aliphatic rings. The standard InChI is InChI=1S/C18H25N3O3/c1-11(2)21-9-5-4-6-15(21)18(23)19-13-7-8-16-14(10-13)20-17(22)12(3)24-16/h7-8,10-12,15H,4-6,9H2,1-3H3,(H,19,23)(H,20,22). The van der Waals surface area contributed by atoms with Crippen molar-refractivity contribution in [2.45, 2.75) is 58.2 Å². The van der Waals surface area contributed by atoms with Gasteiger partial charge in [0.15, 0.2) is 6.10 Å². The average Bonchev–Trinajstić information content (AvgIpc) is 2.56. The van der Waals surface area contributed by atoms with Gasteiger partial charge in [0, 0.05) is 11.7 Å². The number of carbonyl (C=O) groups excluding carboxylic acids is 2. The van der Waals surface area contributed by atoms with Gasteiger partial charge >= 0.3 is 0 Å². The Labute approximate surface area is 142 Å². The lowest BCUT2D eigenvalue weighted by Crippen LogP contribution is -2.50. The van der Waals surface area contributed by atoms with Gasteiger partial charge in [0.25, 0.3) is 5.91 Å². The van der Waals surface area contributed by atoms with E-state index < -0.39 is 6.10 Å². The SMILES string of the molecule is CC1Oc2ccc(NC(=O)C3CCCCN3C(C)C)cc2NC1=O. The number of hydrogen-bond acceptors (Lipinski definition) is 4. The number of nitrogens with zero attached hydrogens (tertiary/aromatic N) is 1. The van der Waals surface area contributed by atoms with Crippen molar-refractivity contribution in [3.63, 3.8) is 0 Å². The van der Waals surface area contributed by atoms with Gasteiger partial charge in [-0.1, -0.05) is 6.42 Å². The molecule has 2 heterocycles. The number of piperidine rings is 1. The van der Waals surface area contributed by atoms with Crippen molar-refractivity contribution < 1.29 is 14.3 Å². The fraction of sp³-hybridized carbons (Fsp3) is 0.556. The fourth-order valence-electron chi connectivity index (χ4n) is 3.37. The molecule has 6 heteroatoms. The summed E-state index contributed by atoms with van der Waals surface area (Å²) in [4.78, 5) is 26.7. The number of ether oxygens (including phenoxy) is 1. The summed E-state index contributed by atoms with van der Waals surface area (Å²) in [7, 11) is 0. The quantitative estimate of drug-likeness (QED) is 0.893. The number of carbonyl (C=O) groups is 2. The van der Waals surface area contributed by atoms with E-state index in [1.165, 1.54) is 0 Å². The number of benzene rings is 1. The Morgan fingerprint density at radius 2 is 2.17 bits per heavy atom. The van der Waals surface area contributed by atoms with Crippen molar-refractivity contribution in [2.75, 3.05) is 17.2 Å². The maximum atomic E-state index is 12.7. The molecule has 2 aliphatic heterocycles. The van der Waals surface area contributed by atoms with Crippen LogP contribution in [0.4, 0.5) is 11.4 Å². The Morgan fingerprint density at radius 3 is 2.92 bits per heavy atom. The third kappa shape index (κ3) is 3.38. The summed E-state index contributed by atoms with van der Waals surface area (Å²) < 4.78 is 5.54. The van der Waals surface area contributed by atoms with Crippen LogP contribution in [0.2, 0.25) is 0 Å². The molecule has 2 atom stereocenters. The maximum Gasteiger partial charge on any atom is 0.265 e. The van der Waals surface area contributed by atoms with Crippen LogP contribution < -0.4 is 15.4 Å². The van der Waals surface area contributed by atoms with Crippen LogP contribution in [0.15, 0.2) is 18.2 Å². The number of amides is 2.